The molecule has 6 rings (SSSR count). The zero-order chi connectivity index (χ0) is 37.3. The number of hydrogen-bond donors (Lipinski definition) is 1. The molecule has 0 spiro atoms. The fourth-order valence-electron chi connectivity index (χ4n) is 6.70. The molecule has 0 unspecified atom stereocenters. The van der Waals surface area contributed by atoms with E-state index in [1.165, 1.54) is 43.1 Å². The zero-order valence-corrected chi connectivity index (χ0v) is 35.9. The van der Waals surface area contributed by atoms with Crippen molar-refractivity contribution >= 4 is 48.9 Å². The van der Waals surface area contributed by atoms with Gasteiger partial charge in [0, 0.05) is 69.4 Å². The predicted octanol–water partition coefficient (Wildman–Crippen LogP) is 13.9. The first-order chi connectivity index (χ1) is 24.1. The summed E-state index contributed by atoms with van der Waals surface area (Å²) >= 11 is 1.83. The van der Waals surface area contributed by atoms with Crippen LogP contribution in [0.2, 0.25) is 0 Å². The number of thiophene rings is 1. The van der Waals surface area contributed by atoms with Gasteiger partial charge in [0.1, 0.15) is 17.1 Å². The Morgan fingerprint density at radius 1 is 0.865 bits per heavy atom. The van der Waals surface area contributed by atoms with E-state index >= 15 is 0 Å². The number of aliphatic hydroxyl groups is 1. The average Bonchev–Trinajstić information content (AvgIpc) is 3.68. The minimum atomic E-state index is -0.337. The Morgan fingerprint density at radius 2 is 1.52 bits per heavy atom. The third-order valence-electron chi connectivity index (χ3n) is 11.2. The first kappa shape index (κ1) is 41.2. The van der Waals surface area contributed by atoms with Gasteiger partial charge in [0.2, 0.25) is 0 Å². The summed E-state index contributed by atoms with van der Waals surface area (Å²) in [6.07, 6.45) is 6.68. The number of carbonyl (C=O) groups excluding carboxylic acids is 1. The van der Waals surface area contributed by atoms with Gasteiger partial charge in [-0.1, -0.05) is 104 Å². The third kappa shape index (κ3) is 8.00. The topological polar surface area (TPSA) is 63.3 Å². The van der Waals surface area contributed by atoms with E-state index in [2.05, 4.69) is 88.4 Å². The molecule has 0 saturated heterocycles. The average molecular weight is 893 g/mol. The monoisotopic (exact) mass is 893 g/mol. The van der Waals surface area contributed by atoms with Crippen LogP contribution in [-0.4, -0.2) is 15.9 Å². The molecule has 0 aliphatic carbocycles. The molecule has 3 aromatic carbocycles. The summed E-state index contributed by atoms with van der Waals surface area (Å²) in [7, 11) is 0. The number of allylic oxidation sites excluding steroid dienone is 2. The summed E-state index contributed by atoms with van der Waals surface area (Å²) in [5.74, 6) is 1.22. The molecule has 277 valence electrons. The number of hydrogen-bond acceptors (Lipinski definition) is 5. The standard InChI is InChI=1S/C31H26NOS.C15H28O2.Ir/c1-18-15-24-23(11-8-12-26(24)33-18)30-19(2)28-27(34-30)13-14-32-29(28)21-16-20-9-6-7-10-22(20)25(17-21)31(3,4)5;1-7-14(5,8-2)12(16)11-13(17)15(6,9-3)10-4;/h6-15,17H,1-5H3;11,16H,7-10H2,1-6H3;/q-1;;/b;12-11-;. The number of fused-ring (bicyclic) bond motifs is 3. The summed E-state index contributed by atoms with van der Waals surface area (Å²) in [5, 5.41) is 14.9. The zero-order valence-electron chi connectivity index (χ0n) is 32.7. The molecule has 6 heteroatoms. The van der Waals surface area contributed by atoms with Crippen LogP contribution in [0.4, 0.5) is 0 Å². The molecular formula is C46H54IrNO3S-. The Bertz CT molecular complexity index is 2220. The van der Waals surface area contributed by atoms with Crippen molar-refractivity contribution in [3.63, 3.8) is 0 Å². The van der Waals surface area contributed by atoms with Crippen LogP contribution in [0.3, 0.4) is 0 Å². The molecule has 1 radical (unpaired) electrons. The van der Waals surface area contributed by atoms with Crippen LogP contribution in [-0.2, 0) is 30.3 Å². The van der Waals surface area contributed by atoms with E-state index in [1.807, 2.05) is 72.1 Å². The summed E-state index contributed by atoms with van der Waals surface area (Å²) in [6.45, 7) is 23.1. The first-order valence-corrected chi connectivity index (χ1v) is 19.2. The van der Waals surface area contributed by atoms with E-state index in [4.69, 9.17) is 9.40 Å². The first-order valence-electron chi connectivity index (χ1n) is 18.4. The molecule has 0 amide bonds. The number of aliphatic hydroxyl groups excluding tert-OH is 1. The van der Waals surface area contributed by atoms with Crippen molar-refractivity contribution in [2.45, 2.75) is 107 Å². The molecule has 3 aromatic heterocycles. The van der Waals surface area contributed by atoms with Gasteiger partial charge >= 0.3 is 0 Å². The molecular weight excluding hydrogens is 839 g/mol. The Morgan fingerprint density at radius 3 is 2.15 bits per heavy atom. The summed E-state index contributed by atoms with van der Waals surface area (Å²) < 4.78 is 7.15. The third-order valence-corrected chi connectivity index (χ3v) is 12.5. The van der Waals surface area contributed by atoms with Crippen LogP contribution >= 0.6 is 11.3 Å². The van der Waals surface area contributed by atoms with Crippen molar-refractivity contribution < 1.29 is 34.4 Å². The van der Waals surface area contributed by atoms with Crippen LogP contribution in [0.5, 0.6) is 0 Å². The Kier molecular flexibility index (Phi) is 12.8. The number of aromatic nitrogens is 1. The van der Waals surface area contributed by atoms with E-state index in [0.717, 1.165) is 59.1 Å². The molecule has 0 aliphatic heterocycles. The van der Waals surface area contributed by atoms with Crippen LogP contribution in [0.1, 0.15) is 105 Å². The van der Waals surface area contributed by atoms with Gasteiger partial charge in [-0.05, 0) is 74.1 Å². The van der Waals surface area contributed by atoms with Gasteiger partial charge in [0.25, 0.3) is 0 Å². The maximum atomic E-state index is 12.2. The van der Waals surface area contributed by atoms with E-state index in [1.54, 1.807) is 0 Å². The van der Waals surface area contributed by atoms with Crippen LogP contribution in [0, 0.1) is 30.7 Å². The number of aryl methyl sites for hydroxylation is 2. The second kappa shape index (κ2) is 16.2. The second-order valence-corrected chi connectivity index (χ2v) is 16.5. The van der Waals surface area contributed by atoms with Crippen molar-refractivity contribution in [3.8, 4) is 21.7 Å². The van der Waals surface area contributed by atoms with Gasteiger partial charge in [0.05, 0.1) is 0 Å². The van der Waals surface area contributed by atoms with E-state index < -0.39 is 0 Å². The Hall–Kier alpha value is -3.57. The summed E-state index contributed by atoms with van der Waals surface area (Å²) in [5.41, 5.74) is 6.20. The van der Waals surface area contributed by atoms with E-state index in [9.17, 15) is 9.90 Å². The molecule has 0 atom stereocenters. The normalized spacial score (nSPS) is 12.6. The SMILES string of the molecule is CCC(C)(CC)C(=O)/C=C(\O)C(C)(CC)CC.Cc1cc2c(-c3sc4ccnc(-c5[c-]c6ccccc6c(C(C)(C)C)c5)c4c3C)cccc2o1.[Ir]. The number of benzene rings is 3. The maximum absolute atomic E-state index is 12.2. The largest absolute Gasteiger partial charge is 0.512 e. The number of pyridine rings is 1. The van der Waals surface area contributed by atoms with Crippen LogP contribution in [0.25, 0.3) is 53.5 Å². The number of ketones is 1. The van der Waals surface area contributed by atoms with Crippen molar-refractivity contribution in [2.75, 3.05) is 0 Å². The fourth-order valence-corrected chi connectivity index (χ4v) is 7.94. The number of carbonyl (C=O) groups is 1. The van der Waals surface area contributed by atoms with Crippen molar-refractivity contribution in [1.29, 1.82) is 0 Å². The quantitative estimate of drug-likeness (QED) is 0.0892. The second-order valence-electron chi connectivity index (χ2n) is 15.5. The smallest absolute Gasteiger partial charge is 0.164 e. The molecule has 4 nitrogen and oxygen atoms in total. The number of nitrogens with zero attached hydrogens (tertiary/aromatic N) is 1. The number of rotatable bonds is 9. The molecule has 3 heterocycles. The molecule has 1 N–H and O–H groups in total. The fraction of sp³-hybridized carbons (Fsp3) is 0.391. The molecule has 0 bridgehead atoms. The Labute approximate surface area is 328 Å². The summed E-state index contributed by atoms with van der Waals surface area (Å²) in [6, 6.07) is 25.1. The van der Waals surface area contributed by atoms with Crippen molar-refractivity contribution in [3.05, 3.63) is 102 Å². The van der Waals surface area contributed by atoms with Gasteiger partial charge < -0.3 is 9.52 Å². The van der Waals surface area contributed by atoms with Crippen molar-refractivity contribution in [1.82, 2.24) is 4.98 Å². The minimum Gasteiger partial charge on any atom is -0.512 e. The summed E-state index contributed by atoms with van der Waals surface area (Å²) in [4.78, 5) is 18.3. The number of furan rings is 1. The van der Waals surface area contributed by atoms with Gasteiger partial charge in [-0.3, -0.25) is 9.78 Å². The molecule has 52 heavy (non-hydrogen) atoms. The molecule has 6 aromatic rings. The van der Waals surface area contributed by atoms with Crippen molar-refractivity contribution in [2.24, 2.45) is 10.8 Å². The molecule has 0 saturated carbocycles. The van der Waals surface area contributed by atoms with Crippen LogP contribution in [0.15, 0.2) is 83.1 Å². The van der Waals surface area contributed by atoms with Gasteiger partial charge in [-0.15, -0.1) is 40.5 Å². The van der Waals surface area contributed by atoms with E-state index in [0.29, 0.717) is 0 Å². The van der Waals surface area contributed by atoms with Gasteiger partial charge in [-0.25, -0.2) is 0 Å². The van der Waals surface area contributed by atoms with E-state index in [-0.39, 0.29) is 47.9 Å². The maximum Gasteiger partial charge on any atom is 0.164 e. The Balaban J connectivity index is 0.000000289. The van der Waals surface area contributed by atoms with Gasteiger partial charge in [-0.2, -0.15) is 0 Å². The molecule has 0 fully saturated rings. The molecule has 0 aliphatic rings. The van der Waals surface area contributed by atoms with Crippen LogP contribution < -0.4 is 0 Å². The van der Waals surface area contributed by atoms with Gasteiger partial charge in [0.15, 0.2) is 5.78 Å². The minimum absolute atomic E-state index is 0. The predicted molar refractivity (Wildman–Crippen MR) is 218 cm³/mol.